The minimum atomic E-state index is -0.281. The van der Waals surface area contributed by atoms with Gasteiger partial charge in [-0.3, -0.25) is 4.79 Å². The molecule has 8 heteroatoms. The van der Waals surface area contributed by atoms with E-state index in [1.165, 1.54) is 21.3 Å². The fourth-order valence-corrected chi connectivity index (χ4v) is 2.79. The lowest BCUT2D eigenvalue weighted by Crippen LogP contribution is -2.29. The van der Waals surface area contributed by atoms with E-state index >= 15 is 0 Å². The molecule has 0 saturated heterocycles. The first-order chi connectivity index (χ1) is 11.7. The Hall–Kier alpha value is -2.35. The highest BCUT2D eigenvalue weighted by Crippen LogP contribution is 2.25. The second kappa shape index (κ2) is 7.69. The number of benzene rings is 1. The number of carbonyl (C=O) groups is 2. The Labute approximate surface area is 152 Å². The van der Waals surface area contributed by atoms with Gasteiger partial charge in [-0.05, 0) is 12.1 Å². The summed E-state index contributed by atoms with van der Waals surface area (Å²) < 4.78 is 1.29. The molecule has 1 aromatic carbocycles. The van der Waals surface area contributed by atoms with Crippen LogP contribution >= 0.6 is 11.8 Å². The average molecular weight is 361 g/mol. The van der Waals surface area contributed by atoms with Crippen molar-refractivity contribution < 1.29 is 9.59 Å². The lowest BCUT2D eigenvalue weighted by atomic mass is 9.96. The molecule has 0 aliphatic rings. The number of nitrogens with zero attached hydrogens (tertiary/aromatic N) is 5. The fraction of sp³-hybridized carbons (Fsp3) is 0.412. The third-order valence-electron chi connectivity index (χ3n) is 3.36. The second-order valence-electron chi connectivity index (χ2n) is 6.74. The molecule has 0 unspecified atom stereocenters. The van der Waals surface area contributed by atoms with Gasteiger partial charge in [0.1, 0.15) is 0 Å². The molecule has 0 bridgehead atoms. The molecule has 0 radical (unpaired) electrons. The summed E-state index contributed by atoms with van der Waals surface area (Å²) in [5, 5.41) is 4.83. The zero-order valence-corrected chi connectivity index (χ0v) is 15.9. The molecule has 2 aromatic rings. The van der Waals surface area contributed by atoms with Crippen molar-refractivity contribution in [2.45, 2.75) is 31.3 Å². The Balaban J connectivity index is 2.26. The molecule has 0 aliphatic carbocycles. The molecule has 0 aliphatic heterocycles. The van der Waals surface area contributed by atoms with Gasteiger partial charge in [0.25, 0.3) is 0 Å². The van der Waals surface area contributed by atoms with Crippen LogP contribution in [0.15, 0.2) is 35.5 Å². The van der Waals surface area contributed by atoms with Gasteiger partial charge < -0.3 is 9.80 Å². The summed E-state index contributed by atoms with van der Waals surface area (Å²) in [5.41, 5.74) is 0.503. The standard InChI is InChI=1S/C17H23N5O2S/c1-17(2,3)14-18-15(22(19-14)16(24)20(4)5)25-12-21(11-23)13-9-7-6-8-10-13/h6-11H,12H2,1-5H3. The molecule has 1 heterocycles. The molecule has 2 amide bonds. The van der Waals surface area contributed by atoms with Gasteiger partial charge in [-0.25, -0.2) is 9.78 Å². The van der Waals surface area contributed by atoms with Crippen LogP contribution in [0.5, 0.6) is 0 Å². The van der Waals surface area contributed by atoms with Crippen molar-refractivity contribution in [2.24, 2.45) is 0 Å². The lowest BCUT2D eigenvalue weighted by Gasteiger charge is -2.17. The maximum Gasteiger partial charge on any atom is 0.346 e. The second-order valence-corrected chi connectivity index (χ2v) is 7.65. The Morgan fingerprint density at radius 1 is 1.24 bits per heavy atom. The summed E-state index contributed by atoms with van der Waals surface area (Å²) in [6.07, 6.45) is 0.765. The summed E-state index contributed by atoms with van der Waals surface area (Å²) in [6.45, 7) is 5.97. The highest BCUT2D eigenvalue weighted by molar-refractivity contribution is 7.99. The average Bonchev–Trinajstić information content (AvgIpc) is 3.00. The van der Waals surface area contributed by atoms with E-state index in [-0.39, 0.29) is 11.4 Å². The van der Waals surface area contributed by atoms with E-state index in [0.29, 0.717) is 16.9 Å². The van der Waals surface area contributed by atoms with Gasteiger partial charge in [-0.1, -0.05) is 50.7 Å². The predicted molar refractivity (Wildman–Crippen MR) is 98.9 cm³/mol. The van der Waals surface area contributed by atoms with E-state index < -0.39 is 0 Å². The zero-order valence-electron chi connectivity index (χ0n) is 15.1. The Morgan fingerprint density at radius 2 is 1.88 bits per heavy atom. The number of amides is 2. The van der Waals surface area contributed by atoms with Gasteiger partial charge in [0.05, 0.1) is 5.88 Å². The molecule has 25 heavy (non-hydrogen) atoms. The minimum Gasteiger partial charge on any atom is -0.329 e. The zero-order chi connectivity index (χ0) is 18.6. The fourth-order valence-electron chi connectivity index (χ4n) is 1.94. The van der Waals surface area contributed by atoms with Gasteiger partial charge in [-0.2, -0.15) is 4.68 Å². The third kappa shape index (κ3) is 4.60. The molecule has 134 valence electrons. The highest BCUT2D eigenvalue weighted by Gasteiger charge is 2.25. The molecule has 0 N–H and O–H groups in total. The normalized spacial score (nSPS) is 11.2. The number of para-hydroxylation sites is 1. The van der Waals surface area contributed by atoms with Crippen molar-refractivity contribution in [3.05, 3.63) is 36.2 Å². The summed E-state index contributed by atoms with van der Waals surface area (Å²) in [4.78, 5) is 31.3. The molecule has 2 rings (SSSR count). The monoisotopic (exact) mass is 361 g/mol. The quantitative estimate of drug-likeness (QED) is 0.465. The van der Waals surface area contributed by atoms with E-state index in [0.717, 1.165) is 12.1 Å². The number of hydrogen-bond acceptors (Lipinski definition) is 5. The Kier molecular flexibility index (Phi) is 5.84. The van der Waals surface area contributed by atoms with Crippen molar-refractivity contribution in [1.82, 2.24) is 19.7 Å². The van der Waals surface area contributed by atoms with Crippen LogP contribution in [0.4, 0.5) is 10.5 Å². The first-order valence-corrected chi connectivity index (χ1v) is 8.81. The van der Waals surface area contributed by atoms with Crippen LogP contribution in [0.1, 0.15) is 26.6 Å². The summed E-state index contributed by atoms with van der Waals surface area (Å²) in [6, 6.07) is 9.05. The number of rotatable bonds is 5. The third-order valence-corrected chi connectivity index (χ3v) is 4.29. The Bertz CT molecular complexity index is 737. The predicted octanol–water partition coefficient (Wildman–Crippen LogP) is 2.82. The van der Waals surface area contributed by atoms with Gasteiger partial charge >= 0.3 is 6.03 Å². The highest BCUT2D eigenvalue weighted by atomic mass is 32.2. The van der Waals surface area contributed by atoms with Crippen molar-refractivity contribution in [1.29, 1.82) is 0 Å². The maximum atomic E-state index is 12.4. The van der Waals surface area contributed by atoms with Gasteiger partial charge in [0.2, 0.25) is 6.41 Å². The molecule has 0 atom stereocenters. The molecular formula is C17H23N5O2S. The van der Waals surface area contributed by atoms with Crippen LogP contribution in [-0.2, 0) is 10.2 Å². The van der Waals surface area contributed by atoms with E-state index in [2.05, 4.69) is 10.1 Å². The van der Waals surface area contributed by atoms with Crippen LogP contribution in [0, 0.1) is 0 Å². The van der Waals surface area contributed by atoms with Crippen molar-refractivity contribution in [3.8, 4) is 0 Å². The van der Waals surface area contributed by atoms with Gasteiger partial charge in [0, 0.05) is 25.2 Å². The molecule has 1 aromatic heterocycles. The molecule has 7 nitrogen and oxygen atoms in total. The molecular weight excluding hydrogens is 338 g/mol. The maximum absolute atomic E-state index is 12.4. The van der Waals surface area contributed by atoms with Crippen LogP contribution in [0.3, 0.4) is 0 Å². The van der Waals surface area contributed by atoms with E-state index in [4.69, 9.17) is 0 Å². The molecule has 0 fully saturated rings. The first kappa shape index (κ1) is 19.0. The van der Waals surface area contributed by atoms with Crippen molar-refractivity contribution >= 4 is 29.9 Å². The lowest BCUT2D eigenvalue weighted by molar-refractivity contribution is -0.107. The summed E-state index contributed by atoms with van der Waals surface area (Å²) >= 11 is 1.29. The smallest absolute Gasteiger partial charge is 0.329 e. The Morgan fingerprint density at radius 3 is 2.40 bits per heavy atom. The topological polar surface area (TPSA) is 71.3 Å². The van der Waals surface area contributed by atoms with Crippen LogP contribution in [0.25, 0.3) is 0 Å². The first-order valence-electron chi connectivity index (χ1n) is 7.83. The molecule has 0 spiro atoms. The van der Waals surface area contributed by atoms with Crippen LogP contribution in [-0.4, -0.2) is 52.1 Å². The van der Waals surface area contributed by atoms with Gasteiger partial charge in [-0.15, -0.1) is 5.10 Å². The minimum absolute atomic E-state index is 0.275. The van der Waals surface area contributed by atoms with Crippen LogP contribution in [0.2, 0.25) is 0 Å². The largest absolute Gasteiger partial charge is 0.346 e. The van der Waals surface area contributed by atoms with E-state index in [9.17, 15) is 9.59 Å². The van der Waals surface area contributed by atoms with E-state index in [1.54, 1.807) is 19.0 Å². The van der Waals surface area contributed by atoms with Crippen molar-refractivity contribution in [2.75, 3.05) is 24.9 Å². The van der Waals surface area contributed by atoms with Crippen LogP contribution < -0.4 is 4.90 Å². The van der Waals surface area contributed by atoms with E-state index in [1.807, 2.05) is 51.1 Å². The molecule has 0 saturated carbocycles. The number of hydrogen-bond donors (Lipinski definition) is 0. The van der Waals surface area contributed by atoms with Gasteiger partial charge in [0.15, 0.2) is 11.0 Å². The number of thioether (sulfide) groups is 1. The number of carbonyl (C=O) groups excluding carboxylic acids is 2. The number of anilines is 1. The SMILES string of the molecule is CN(C)C(=O)n1nc(C(C)(C)C)nc1SCN(C=O)c1ccccc1. The number of aromatic nitrogens is 3. The summed E-state index contributed by atoms with van der Waals surface area (Å²) in [5.74, 6) is 0.916. The van der Waals surface area contributed by atoms with Crippen molar-refractivity contribution in [3.63, 3.8) is 0 Å². The summed E-state index contributed by atoms with van der Waals surface area (Å²) in [7, 11) is 3.33.